The van der Waals surface area contributed by atoms with Gasteiger partial charge in [-0.1, -0.05) is 81.2 Å². The molecule has 6 nitrogen and oxygen atoms in total. The van der Waals surface area contributed by atoms with Gasteiger partial charge in [0.2, 0.25) is 5.91 Å². The van der Waals surface area contributed by atoms with Gasteiger partial charge in [-0.2, -0.15) is 0 Å². The van der Waals surface area contributed by atoms with E-state index in [1.165, 1.54) is 12.8 Å². The summed E-state index contributed by atoms with van der Waals surface area (Å²) in [5.74, 6) is -0.622. The monoisotopic (exact) mass is 521 g/mol. The molecule has 0 radical (unpaired) electrons. The summed E-state index contributed by atoms with van der Waals surface area (Å²) in [6.07, 6.45) is 27.2. The lowest BCUT2D eigenvalue weighted by molar-refractivity contribution is -0.132. The van der Waals surface area contributed by atoms with E-state index in [0.29, 0.717) is 19.3 Å². The summed E-state index contributed by atoms with van der Waals surface area (Å²) >= 11 is 0. The summed E-state index contributed by atoms with van der Waals surface area (Å²) < 4.78 is 0. The number of aliphatic hydroxyl groups excluding tert-OH is 4. The number of hydrogen-bond acceptors (Lipinski definition) is 5. The molecule has 4 unspecified atom stereocenters. The molecule has 0 aliphatic rings. The Morgan fingerprint density at radius 3 is 1.81 bits per heavy atom. The zero-order valence-electron chi connectivity index (χ0n) is 23.4. The number of carbonyl (C=O) groups excluding carboxylic acids is 1. The van der Waals surface area contributed by atoms with Gasteiger partial charge < -0.3 is 25.7 Å². The third-order valence-electron chi connectivity index (χ3n) is 6.31. The normalized spacial score (nSPS) is 15.7. The van der Waals surface area contributed by atoms with Crippen LogP contribution in [-0.4, -0.2) is 57.3 Å². The molecule has 0 heterocycles. The standard InChI is InChI=1S/C31H55NO5/c1-3-5-7-9-11-13-14-15-17-18-20-22-24-28(34)30(36)27(26-33)32-31(37)29(35)25-23-21-19-16-12-10-8-6-4-2/h3,5,10-13,17-18,27-30,33-36H,4,6-9,14-16,19-26H2,1-2H3,(H,32,37)/b5-3+,12-10-,13-11+,18-17+. The smallest absolute Gasteiger partial charge is 0.249 e. The van der Waals surface area contributed by atoms with Gasteiger partial charge in [0.05, 0.1) is 18.8 Å². The topological polar surface area (TPSA) is 110 Å². The minimum Gasteiger partial charge on any atom is -0.394 e. The Balaban J connectivity index is 4.07. The average Bonchev–Trinajstić information content (AvgIpc) is 2.90. The minimum atomic E-state index is -1.29. The first-order valence-corrected chi connectivity index (χ1v) is 14.5. The highest BCUT2D eigenvalue weighted by molar-refractivity contribution is 5.80. The Labute approximate surface area is 226 Å². The Morgan fingerprint density at radius 1 is 0.703 bits per heavy atom. The Morgan fingerprint density at radius 2 is 1.24 bits per heavy atom. The number of carbonyl (C=O) groups is 1. The van der Waals surface area contributed by atoms with Crippen molar-refractivity contribution in [3.63, 3.8) is 0 Å². The van der Waals surface area contributed by atoms with Crippen molar-refractivity contribution < 1.29 is 25.2 Å². The van der Waals surface area contributed by atoms with Crippen LogP contribution in [0.25, 0.3) is 0 Å². The molecule has 214 valence electrons. The van der Waals surface area contributed by atoms with E-state index in [4.69, 9.17) is 0 Å². The Bertz CT molecular complexity index is 644. The van der Waals surface area contributed by atoms with Crippen LogP contribution in [0.4, 0.5) is 0 Å². The highest BCUT2D eigenvalue weighted by Gasteiger charge is 2.28. The third kappa shape index (κ3) is 21.0. The van der Waals surface area contributed by atoms with Gasteiger partial charge in [-0.3, -0.25) is 4.79 Å². The molecular weight excluding hydrogens is 466 g/mol. The number of rotatable bonds is 24. The quantitative estimate of drug-likeness (QED) is 0.0831. The number of nitrogens with one attached hydrogen (secondary N) is 1. The average molecular weight is 522 g/mol. The molecule has 0 aromatic heterocycles. The lowest BCUT2D eigenvalue weighted by Crippen LogP contribution is -2.53. The summed E-state index contributed by atoms with van der Waals surface area (Å²) in [7, 11) is 0. The molecule has 0 spiro atoms. The van der Waals surface area contributed by atoms with Crippen molar-refractivity contribution in [3.8, 4) is 0 Å². The fourth-order valence-electron chi connectivity index (χ4n) is 3.89. The Kier molecular flexibility index (Phi) is 24.7. The third-order valence-corrected chi connectivity index (χ3v) is 6.31. The summed E-state index contributed by atoms with van der Waals surface area (Å²) in [4.78, 5) is 12.3. The van der Waals surface area contributed by atoms with E-state index in [1.54, 1.807) is 0 Å². The molecule has 0 saturated heterocycles. The maximum atomic E-state index is 12.3. The van der Waals surface area contributed by atoms with E-state index < -0.39 is 36.9 Å². The molecule has 0 fully saturated rings. The van der Waals surface area contributed by atoms with Crippen LogP contribution >= 0.6 is 0 Å². The SMILES string of the molecule is C/C=C/CC/C=C/CC/C=C/CCCC(O)C(O)C(CO)NC(=O)C(O)CCCCC/C=C\CCCC. The molecule has 0 saturated carbocycles. The molecule has 6 heteroatoms. The van der Waals surface area contributed by atoms with Crippen LogP contribution in [0, 0.1) is 0 Å². The molecule has 0 rings (SSSR count). The molecule has 5 N–H and O–H groups in total. The van der Waals surface area contributed by atoms with Crippen molar-refractivity contribution in [1.29, 1.82) is 0 Å². The first-order valence-electron chi connectivity index (χ1n) is 14.5. The number of aliphatic hydroxyl groups is 4. The molecule has 0 aromatic carbocycles. The lowest BCUT2D eigenvalue weighted by atomic mass is 10.00. The first kappa shape index (κ1) is 35.3. The summed E-state index contributed by atoms with van der Waals surface area (Å²) in [6.45, 7) is 3.70. The zero-order valence-corrected chi connectivity index (χ0v) is 23.4. The molecule has 0 bridgehead atoms. The molecule has 0 aliphatic carbocycles. The van der Waals surface area contributed by atoms with Gasteiger partial charge in [-0.15, -0.1) is 0 Å². The lowest BCUT2D eigenvalue weighted by Gasteiger charge is -2.27. The second-order valence-electron chi connectivity index (χ2n) is 9.72. The van der Waals surface area contributed by atoms with Crippen molar-refractivity contribution in [2.24, 2.45) is 0 Å². The van der Waals surface area contributed by atoms with E-state index in [1.807, 2.05) is 6.92 Å². The number of allylic oxidation sites excluding steroid dienone is 8. The van der Waals surface area contributed by atoms with E-state index in [2.05, 4.69) is 60.8 Å². The zero-order chi connectivity index (χ0) is 27.6. The number of hydrogen-bond donors (Lipinski definition) is 5. The molecule has 0 aliphatic heterocycles. The summed E-state index contributed by atoms with van der Waals surface area (Å²) in [5, 5.41) is 42.9. The van der Waals surface area contributed by atoms with Crippen LogP contribution in [0.3, 0.4) is 0 Å². The van der Waals surface area contributed by atoms with E-state index >= 15 is 0 Å². The van der Waals surface area contributed by atoms with Gasteiger partial charge in [0.15, 0.2) is 0 Å². The molecular formula is C31H55NO5. The van der Waals surface area contributed by atoms with Crippen LogP contribution in [0.5, 0.6) is 0 Å². The first-order chi connectivity index (χ1) is 18.0. The fourth-order valence-corrected chi connectivity index (χ4v) is 3.89. The maximum absolute atomic E-state index is 12.3. The predicted molar refractivity (Wildman–Crippen MR) is 154 cm³/mol. The van der Waals surface area contributed by atoms with Crippen LogP contribution in [-0.2, 0) is 4.79 Å². The molecule has 0 aromatic rings. The minimum absolute atomic E-state index is 0.334. The van der Waals surface area contributed by atoms with Gasteiger partial charge in [-0.05, 0) is 77.6 Å². The van der Waals surface area contributed by atoms with Gasteiger partial charge in [0.1, 0.15) is 12.2 Å². The second kappa shape index (κ2) is 25.9. The number of amides is 1. The highest BCUT2D eigenvalue weighted by Crippen LogP contribution is 2.11. The largest absolute Gasteiger partial charge is 0.394 e. The van der Waals surface area contributed by atoms with Crippen LogP contribution in [0.1, 0.15) is 110 Å². The van der Waals surface area contributed by atoms with Crippen molar-refractivity contribution >= 4 is 5.91 Å². The van der Waals surface area contributed by atoms with E-state index in [-0.39, 0.29) is 0 Å². The molecule has 37 heavy (non-hydrogen) atoms. The summed E-state index contributed by atoms with van der Waals surface area (Å²) in [5.41, 5.74) is 0. The van der Waals surface area contributed by atoms with Crippen molar-refractivity contribution in [1.82, 2.24) is 5.32 Å². The van der Waals surface area contributed by atoms with Gasteiger partial charge in [0, 0.05) is 0 Å². The number of unbranched alkanes of at least 4 members (excludes halogenated alkanes) is 8. The van der Waals surface area contributed by atoms with Gasteiger partial charge in [-0.25, -0.2) is 0 Å². The highest BCUT2D eigenvalue weighted by atomic mass is 16.3. The van der Waals surface area contributed by atoms with Crippen molar-refractivity contribution in [3.05, 3.63) is 48.6 Å². The van der Waals surface area contributed by atoms with E-state index in [9.17, 15) is 25.2 Å². The molecule has 4 atom stereocenters. The van der Waals surface area contributed by atoms with Crippen LogP contribution in [0.2, 0.25) is 0 Å². The molecule has 1 amide bonds. The van der Waals surface area contributed by atoms with Gasteiger partial charge in [0.25, 0.3) is 0 Å². The van der Waals surface area contributed by atoms with E-state index in [0.717, 1.165) is 64.2 Å². The van der Waals surface area contributed by atoms with Crippen molar-refractivity contribution in [2.45, 2.75) is 135 Å². The van der Waals surface area contributed by atoms with Gasteiger partial charge >= 0.3 is 0 Å². The fraction of sp³-hybridized carbons (Fsp3) is 0.710. The predicted octanol–water partition coefficient (Wildman–Crippen LogP) is 5.66. The summed E-state index contributed by atoms with van der Waals surface area (Å²) in [6, 6.07) is -1.01. The van der Waals surface area contributed by atoms with Crippen LogP contribution in [0.15, 0.2) is 48.6 Å². The van der Waals surface area contributed by atoms with Crippen molar-refractivity contribution in [2.75, 3.05) is 6.61 Å². The second-order valence-corrected chi connectivity index (χ2v) is 9.72. The Hall–Kier alpha value is -1.73. The van der Waals surface area contributed by atoms with Crippen LogP contribution < -0.4 is 5.32 Å². The maximum Gasteiger partial charge on any atom is 0.249 e.